The first-order chi connectivity index (χ1) is 7.66. The van der Waals surface area contributed by atoms with E-state index < -0.39 is 0 Å². The van der Waals surface area contributed by atoms with Crippen molar-refractivity contribution in [2.24, 2.45) is 0 Å². The molecule has 0 aliphatic carbocycles. The molecule has 86 valence electrons. The van der Waals surface area contributed by atoms with E-state index in [9.17, 15) is 0 Å². The van der Waals surface area contributed by atoms with Crippen molar-refractivity contribution in [2.45, 2.75) is 25.7 Å². The molecule has 1 fully saturated rings. The summed E-state index contributed by atoms with van der Waals surface area (Å²) in [4.78, 5) is 2.15. The topological polar surface area (TPSA) is 27.1 Å². The molecule has 0 aromatic heterocycles. The van der Waals surface area contributed by atoms with Gasteiger partial charge in [0.15, 0.2) is 0 Å². The molecular weight excluding hydrogens is 220 g/mol. The van der Waals surface area contributed by atoms with Gasteiger partial charge in [-0.1, -0.05) is 23.7 Å². The highest BCUT2D eigenvalue weighted by Gasteiger charge is 2.20. The van der Waals surface area contributed by atoms with E-state index in [0.29, 0.717) is 11.8 Å². The molecule has 0 amide bonds. The molecule has 1 aliphatic heterocycles. The number of rotatable bonds is 1. The molecule has 16 heavy (non-hydrogen) atoms. The number of hydrogen-bond donors (Lipinski definition) is 1. The Morgan fingerprint density at radius 2 is 1.81 bits per heavy atom. The van der Waals surface area contributed by atoms with E-state index in [1.807, 2.05) is 19.1 Å². The van der Waals surface area contributed by atoms with Crippen molar-refractivity contribution in [1.29, 1.82) is 5.41 Å². The van der Waals surface area contributed by atoms with E-state index in [2.05, 4.69) is 17.0 Å². The fourth-order valence-corrected chi connectivity index (χ4v) is 2.41. The Bertz CT molecular complexity index is 364. The fourth-order valence-electron chi connectivity index (χ4n) is 2.28. The summed E-state index contributed by atoms with van der Waals surface area (Å²) in [5, 5.41) is 8.40. The first kappa shape index (κ1) is 11.5. The normalized spacial score (nSPS) is 17.5. The number of hydrogen-bond acceptors (Lipinski definition) is 1. The number of halogens is 1. The number of nitrogens with one attached hydrogen (secondary N) is 1. The molecule has 0 saturated carbocycles. The van der Waals surface area contributed by atoms with Crippen LogP contribution < -0.4 is 0 Å². The van der Waals surface area contributed by atoms with E-state index >= 15 is 0 Å². The standard InChI is InChI=1S/C13H17ClN2/c1-10(15)16-8-6-12(7-9-16)11-2-4-13(14)5-3-11/h2-5,12,15H,6-9H2,1H3. The molecule has 1 aromatic rings. The second-order valence-electron chi connectivity index (χ2n) is 4.40. The Labute approximate surface area is 102 Å². The molecule has 0 bridgehead atoms. The van der Waals surface area contributed by atoms with Gasteiger partial charge in [-0.25, -0.2) is 0 Å². The lowest BCUT2D eigenvalue weighted by Crippen LogP contribution is -2.35. The molecule has 2 nitrogen and oxygen atoms in total. The van der Waals surface area contributed by atoms with Gasteiger partial charge in [0, 0.05) is 18.1 Å². The Morgan fingerprint density at radius 1 is 1.25 bits per heavy atom. The zero-order valence-electron chi connectivity index (χ0n) is 9.54. The van der Waals surface area contributed by atoms with Crippen molar-refractivity contribution in [3.05, 3.63) is 34.9 Å². The maximum absolute atomic E-state index is 7.60. The van der Waals surface area contributed by atoms with Gasteiger partial charge in [-0.15, -0.1) is 0 Å². The molecule has 0 atom stereocenters. The zero-order valence-corrected chi connectivity index (χ0v) is 10.3. The second kappa shape index (κ2) is 4.88. The van der Waals surface area contributed by atoms with Gasteiger partial charge in [-0.2, -0.15) is 0 Å². The third kappa shape index (κ3) is 2.56. The van der Waals surface area contributed by atoms with Crippen LogP contribution in [0.25, 0.3) is 0 Å². The Kier molecular flexibility index (Phi) is 3.49. The fraction of sp³-hybridized carbons (Fsp3) is 0.462. The lowest BCUT2D eigenvalue weighted by atomic mass is 9.89. The van der Waals surface area contributed by atoms with Gasteiger partial charge in [0.1, 0.15) is 0 Å². The molecule has 0 spiro atoms. The zero-order chi connectivity index (χ0) is 11.5. The summed E-state index contributed by atoms with van der Waals surface area (Å²) in [5.74, 6) is 1.32. The van der Waals surface area contributed by atoms with Gasteiger partial charge < -0.3 is 4.90 Å². The van der Waals surface area contributed by atoms with Crippen molar-refractivity contribution in [2.75, 3.05) is 13.1 Å². The lowest BCUT2D eigenvalue weighted by Gasteiger charge is -2.32. The quantitative estimate of drug-likeness (QED) is 0.586. The minimum absolute atomic E-state index is 0.632. The largest absolute Gasteiger partial charge is 0.361 e. The first-order valence-electron chi connectivity index (χ1n) is 5.72. The maximum atomic E-state index is 7.60. The van der Waals surface area contributed by atoms with Gasteiger partial charge in [0.2, 0.25) is 0 Å². The highest BCUT2D eigenvalue weighted by atomic mass is 35.5. The van der Waals surface area contributed by atoms with Crippen LogP contribution in [0, 0.1) is 5.41 Å². The van der Waals surface area contributed by atoms with Crippen LogP contribution in [-0.4, -0.2) is 23.8 Å². The SMILES string of the molecule is CC(=N)N1CCC(c2ccc(Cl)cc2)CC1. The highest BCUT2D eigenvalue weighted by molar-refractivity contribution is 6.30. The number of piperidine rings is 1. The average Bonchev–Trinajstić information content (AvgIpc) is 2.30. The van der Waals surface area contributed by atoms with Crippen LogP contribution in [0.2, 0.25) is 5.02 Å². The van der Waals surface area contributed by atoms with Crippen LogP contribution >= 0.6 is 11.6 Å². The summed E-state index contributed by atoms with van der Waals surface area (Å²) in [6.45, 7) is 3.87. The van der Waals surface area contributed by atoms with Crippen LogP contribution in [0.15, 0.2) is 24.3 Å². The predicted molar refractivity (Wildman–Crippen MR) is 68.4 cm³/mol. The monoisotopic (exact) mass is 236 g/mol. The van der Waals surface area contributed by atoms with Crippen molar-refractivity contribution in [3.8, 4) is 0 Å². The smallest absolute Gasteiger partial charge is 0.0925 e. The van der Waals surface area contributed by atoms with E-state index in [0.717, 1.165) is 31.0 Å². The van der Waals surface area contributed by atoms with Crippen LogP contribution in [0.4, 0.5) is 0 Å². The Balaban J connectivity index is 1.99. The first-order valence-corrected chi connectivity index (χ1v) is 6.10. The average molecular weight is 237 g/mol. The van der Waals surface area contributed by atoms with Gasteiger partial charge in [0.25, 0.3) is 0 Å². The number of nitrogens with zero attached hydrogens (tertiary/aromatic N) is 1. The van der Waals surface area contributed by atoms with Gasteiger partial charge >= 0.3 is 0 Å². The van der Waals surface area contributed by atoms with Crippen LogP contribution in [-0.2, 0) is 0 Å². The molecule has 1 N–H and O–H groups in total. The highest BCUT2D eigenvalue weighted by Crippen LogP contribution is 2.28. The summed E-state index contributed by atoms with van der Waals surface area (Å²) >= 11 is 5.88. The third-order valence-electron chi connectivity index (χ3n) is 3.31. The molecule has 1 saturated heterocycles. The Hall–Kier alpha value is -1.02. The van der Waals surface area contributed by atoms with Crippen LogP contribution in [0.3, 0.4) is 0 Å². The molecule has 3 heteroatoms. The molecule has 1 heterocycles. The minimum atomic E-state index is 0.632. The minimum Gasteiger partial charge on any atom is -0.361 e. The van der Waals surface area contributed by atoms with Crippen molar-refractivity contribution in [1.82, 2.24) is 4.90 Å². The molecular formula is C13H17ClN2. The van der Waals surface area contributed by atoms with E-state index in [-0.39, 0.29) is 0 Å². The number of benzene rings is 1. The van der Waals surface area contributed by atoms with Crippen LogP contribution in [0.5, 0.6) is 0 Å². The summed E-state index contributed by atoms with van der Waals surface area (Å²) < 4.78 is 0. The van der Waals surface area contributed by atoms with Crippen molar-refractivity contribution in [3.63, 3.8) is 0 Å². The molecule has 1 aliphatic rings. The van der Waals surface area contributed by atoms with Gasteiger partial charge in [0.05, 0.1) is 5.84 Å². The Morgan fingerprint density at radius 3 is 2.31 bits per heavy atom. The number of amidine groups is 1. The molecule has 1 aromatic carbocycles. The second-order valence-corrected chi connectivity index (χ2v) is 4.83. The van der Waals surface area contributed by atoms with E-state index in [1.165, 1.54) is 5.56 Å². The molecule has 0 unspecified atom stereocenters. The van der Waals surface area contributed by atoms with Gasteiger partial charge in [-0.3, -0.25) is 5.41 Å². The molecule has 0 radical (unpaired) electrons. The summed E-state index contributed by atoms with van der Waals surface area (Å²) in [6, 6.07) is 8.18. The summed E-state index contributed by atoms with van der Waals surface area (Å²) in [5.41, 5.74) is 1.38. The van der Waals surface area contributed by atoms with E-state index in [1.54, 1.807) is 0 Å². The maximum Gasteiger partial charge on any atom is 0.0925 e. The summed E-state index contributed by atoms with van der Waals surface area (Å²) in [7, 11) is 0. The van der Waals surface area contributed by atoms with Gasteiger partial charge in [-0.05, 0) is 43.4 Å². The molecule has 2 rings (SSSR count). The predicted octanol–water partition coefficient (Wildman–Crippen LogP) is 3.52. The van der Waals surface area contributed by atoms with Crippen molar-refractivity contribution >= 4 is 17.4 Å². The third-order valence-corrected chi connectivity index (χ3v) is 3.56. The van der Waals surface area contributed by atoms with Crippen molar-refractivity contribution < 1.29 is 0 Å². The lowest BCUT2D eigenvalue weighted by molar-refractivity contribution is 0.310. The van der Waals surface area contributed by atoms with Crippen LogP contribution in [0.1, 0.15) is 31.2 Å². The summed E-state index contributed by atoms with van der Waals surface area (Å²) in [6.07, 6.45) is 2.27. The van der Waals surface area contributed by atoms with E-state index in [4.69, 9.17) is 17.0 Å². The number of likely N-dealkylation sites (tertiary alicyclic amines) is 1.